The number of methoxy groups -OCH3 is 2. The predicted molar refractivity (Wildman–Crippen MR) is 113 cm³/mol. The molecule has 5 nitrogen and oxygen atoms in total. The minimum Gasteiger partial charge on any atom is -0.493 e. The molecule has 0 bridgehead atoms. The van der Waals surface area contributed by atoms with Gasteiger partial charge in [0, 0.05) is 23.1 Å². The lowest BCUT2D eigenvalue weighted by Crippen LogP contribution is -2.07. The number of nitrogens with one attached hydrogen (secondary N) is 2. The van der Waals surface area contributed by atoms with Gasteiger partial charge in [-0.15, -0.1) is 0 Å². The van der Waals surface area contributed by atoms with Gasteiger partial charge in [0.1, 0.15) is 0 Å². The van der Waals surface area contributed by atoms with E-state index in [1.807, 2.05) is 66.7 Å². The largest absolute Gasteiger partial charge is 0.493 e. The minimum absolute atomic E-state index is 0.210. The summed E-state index contributed by atoms with van der Waals surface area (Å²) in [5.74, 6) is 1.05. The maximum atomic E-state index is 12.2. The van der Waals surface area contributed by atoms with Crippen LogP contribution in [0.15, 0.2) is 78.9 Å². The molecule has 3 aromatic carbocycles. The molecule has 0 atom stereocenters. The summed E-state index contributed by atoms with van der Waals surface area (Å²) < 4.78 is 10.5. The fraction of sp³-hybridized carbons (Fsp3) is 0.0870. The first kappa shape index (κ1) is 19.0. The highest BCUT2D eigenvalue weighted by atomic mass is 16.5. The van der Waals surface area contributed by atoms with E-state index in [2.05, 4.69) is 10.6 Å². The standard InChI is InChI=1S/C23H22N2O3/c1-27-21-14-8-17(16-22(21)28-2)9-15-23(26)25-20-12-10-19(11-13-20)24-18-6-4-3-5-7-18/h3-16,24H,1-2H3,(H,25,26)/b15-9+. The second-order valence-electron chi connectivity index (χ2n) is 6.01. The van der Waals surface area contributed by atoms with Gasteiger partial charge < -0.3 is 20.1 Å². The number of rotatable bonds is 7. The SMILES string of the molecule is COc1ccc(/C=C/C(=O)Nc2ccc(Nc3ccccc3)cc2)cc1OC. The number of ether oxygens (including phenoxy) is 2. The lowest BCUT2D eigenvalue weighted by atomic mass is 10.2. The van der Waals surface area contributed by atoms with Crippen molar-refractivity contribution in [2.45, 2.75) is 0 Å². The summed E-state index contributed by atoms with van der Waals surface area (Å²) in [5.41, 5.74) is 3.53. The van der Waals surface area contributed by atoms with Crippen LogP contribution in [0.5, 0.6) is 11.5 Å². The van der Waals surface area contributed by atoms with Crippen LogP contribution in [-0.4, -0.2) is 20.1 Å². The third kappa shape index (κ3) is 5.14. The van der Waals surface area contributed by atoms with E-state index in [0.29, 0.717) is 11.5 Å². The van der Waals surface area contributed by atoms with Gasteiger partial charge in [0.05, 0.1) is 14.2 Å². The molecule has 1 amide bonds. The summed E-state index contributed by atoms with van der Waals surface area (Å²) in [6, 6.07) is 22.9. The smallest absolute Gasteiger partial charge is 0.248 e. The molecule has 0 spiro atoms. The molecule has 0 heterocycles. The van der Waals surface area contributed by atoms with Crippen molar-refractivity contribution in [1.82, 2.24) is 0 Å². The van der Waals surface area contributed by atoms with Crippen molar-refractivity contribution in [3.63, 3.8) is 0 Å². The van der Waals surface area contributed by atoms with Gasteiger partial charge in [-0.1, -0.05) is 24.3 Å². The third-order valence-electron chi connectivity index (χ3n) is 4.05. The maximum absolute atomic E-state index is 12.2. The fourth-order valence-corrected chi connectivity index (χ4v) is 2.64. The van der Waals surface area contributed by atoms with Crippen molar-refractivity contribution in [2.75, 3.05) is 24.9 Å². The molecule has 142 valence electrons. The predicted octanol–water partition coefficient (Wildman–Crippen LogP) is 5.10. The van der Waals surface area contributed by atoms with E-state index < -0.39 is 0 Å². The molecule has 0 unspecified atom stereocenters. The van der Waals surface area contributed by atoms with Gasteiger partial charge in [-0.2, -0.15) is 0 Å². The van der Waals surface area contributed by atoms with E-state index in [9.17, 15) is 4.79 Å². The van der Waals surface area contributed by atoms with Crippen LogP contribution in [0.2, 0.25) is 0 Å². The van der Waals surface area contributed by atoms with E-state index in [1.54, 1.807) is 26.4 Å². The lowest BCUT2D eigenvalue weighted by Gasteiger charge is -2.08. The Bertz CT molecular complexity index is 951. The average molecular weight is 374 g/mol. The summed E-state index contributed by atoms with van der Waals surface area (Å²) in [6.45, 7) is 0. The Morgan fingerprint density at radius 1 is 0.786 bits per heavy atom. The van der Waals surface area contributed by atoms with Crippen molar-refractivity contribution < 1.29 is 14.3 Å². The normalized spacial score (nSPS) is 10.5. The maximum Gasteiger partial charge on any atom is 0.248 e. The van der Waals surface area contributed by atoms with Crippen LogP contribution in [0, 0.1) is 0 Å². The van der Waals surface area contributed by atoms with Crippen molar-refractivity contribution >= 4 is 29.0 Å². The van der Waals surface area contributed by atoms with Crippen LogP contribution in [0.3, 0.4) is 0 Å². The number of carbonyl (C=O) groups is 1. The van der Waals surface area contributed by atoms with Crippen LogP contribution in [0.4, 0.5) is 17.1 Å². The molecule has 0 fully saturated rings. The molecule has 2 N–H and O–H groups in total. The highest BCUT2D eigenvalue weighted by molar-refractivity contribution is 6.02. The monoisotopic (exact) mass is 374 g/mol. The second-order valence-corrected chi connectivity index (χ2v) is 6.01. The van der Waals surface area contributed by atoms with Crippen molar-refractivity contribution in [3.05, 3.63) is 84.4 Å². The molecule has 5 heteroatoms. The molecule has 0 aromatic heterocycles. The third-order valence-corrected chi connectivity index (χ3v) is 4.05. The molecule has 0 saturated heterocycles. The Hall–Kier alpha value is -3.73. The summed E-state index contributed by atoms with van der Waals surface area (Å²) in [7, 11) is 3.16. The summed E-state index contributed by atoms with van der Waals surface area (Å²) in [4.78, 5) is 12.2. The van der Waals surface area contributed by atoms with E-state index in [4.69, 9.17) is 9.47 Å². The lowest BCUT2D eigenvalue weighted by molar-refractivity contribution is -0.111. The number of hydrogen-bond donors (Lipinski definition) is 2. The van der Waals surface area contributed by atoms with Gasteiger partial charge in [-0.3, -0.25) is 4.79 Å². The topological polar surface area (TPSA) is 59.6 Å². The van der Waals surface area contributed by atoms with E-state index >= 15 is 0 Å². The molecule has 3 rings (SSSR count). The van der Waals surface area contributed by atoms with Crippen LogP contribution in [-0.2, 0) is 4.79 Å². The first-order valence-electron chi connectivity index (χ1n) is 8.81. The molecule has 0 aliphatic heterocycles. The molecule has 0 aliphatic rings. The quantitative estimate of drug-likeness (QED) is 0.565. The Balaban J connectivity index is 1.59. The Kier molecular flexibility index (Phi) is 6.31. The van der Waals surface area contributed by atoms with Gasteiger partial charge in [0.2, 0.25) is 5.91 Å². The van der Waals surface area contributed by atoms with Crippen molar-refractivity contribution in [2.24, 2.45) is 0 Å². The van der Waals surface area contributed by atoms with Gasteiger partial charge in [-0.25, -0.2) is 0 Å². The Morgan fingerprint density at radius 2 is 1.43 bits per heavy atom. The van der Waals surface area contributed by atoms with Crippen LogP contribution in [0.1, 0.15) is 5.56 Å². The molecule has 0 aliphatic carbocycles. The van der Waals surface area contributed by atoms with Crippen molar-refractivity contribution in [3.8, 4) is 11.5 Å². The number of anilines is 3. The van der Waals surface area contributed by atoms with E-state index in [0.717, 1.165) is 22.6 Å². The highest BCUT2D eigenvalue weighted by Gasteiger charge is 2.04. The van der Waals surface area contributed by atoms with E-state index in [1.165, 1.54) is 6.08 Å². The number of hydrogen-bond acceptors (Lipinski definition) is 4. The number of benzene rings is 3. The molecule has 3 aromatic rings. The van der Waals surface area contributed by atoms with Crippen LogP contribution in [0.25, 0.3) is 6.08 Å². The first-order valence-corrected chi connectivity index (χ1v) is 8.81. The van der Waals surface area contributed by atoms with Crippen LogP contribution < -0.4 is 20.1 Å². The van der Waals surface area contributed by atoms with Gasteiger partial charge in [-0.05, 0) is 60.2 Å². The Labute approximate surface area is 164 Å². The molecule has 28 heavy (non-hydrogen) atoms. The zero-order valence-corrected chi connectivity index (χ0v) is 15.8. The average Bonchev–Trinajstić information content (AvgIpc) is 2.74. The molecule has 0 saturated carbocycles. The summed E-state index contributed by atoms with van der Waals surface area (Å²) in [6.07, 6.45) is 3.21. The zero-order chi connectivity index (χ0) is 19.8. The molecular weight excluding hydrogens is 352 g/mol. The van der Waals surface area contributed by atoms with Crippen molar-refractivity contribution in [1.29, 1.82) is 0 Å². The fourth-order valence-electron chi connectivity index (χ4n) is 2.64. The van der Waals surface area contributed by atoms with Gasteiger partial charge in [0.15, 0.2) is 11.5 Å². The zero-order valence-electron chi connectivity index (χ0n) is 15.8. The number of para-hydroxylation sites is 1. The summed E-state index contributed by atoms with van der Waals surface area (Å²) in [5, 5.41) is 6.15. The first-order chi connectivity index (χ1) is 13.7. The second kappa shape index (κ2) is 9.28. The molecule has 0 radical (unpaired) electrons. The van der Waals surface area contributed by atoms with Gasteiger partial charge >= 0.3 is 0 Å². The minimum atomic E-state index is -0.210. The number of carbonyl (C=O) groups excluding carboxylic acids is 1. The van der Waals surface area contributed by atoms with Gasteiger partial charge in [0.25, 0.3) is 0 Å². The van der Waals surface area contributed by atoms with E-state index in [-0.39, 0.29) is 5.91 Å². The van der Waals surface area contributed by atoms with Crippen LogP contribution >= 0.6 is 0 Å². The Morgan fingerprint density at radius 3 is 2.11 bits per heavy atom. The summed E-state index contributed by atoms with van der Waals surface area (Å²) >= 11 is 0. The molecular formula is C23H22N2O3. The number of amides is 1. The highest BCUT2D eigenvalue weighted by Crippen LogP contribution is 2.28.